The summed E-state index contributed by atoms with van der Waals surface area (Å²) < 4.78 is 2.17. The van der Waals surface area contributed by atoms with E-state index in [0.717, 1.165) is 32.3 Å². The predicted octanol–water partition coefficient (Wildman–Crippen LogP) is 5.18. The van der Waals surface area contributed by atoms with Crippen LogP contribution in [0.1, 0.15) is 31.0 Å². The lowest BCUT2D eigenvalue weighted by atomic mass is 10.2. The molecule has 0 radical (unpaired) electrons. The Kier molecular flexibility index (Phi) is 3.48. The molecular formula is C16H14ClN3S. The summed E-state index contributed by atoms with van der Waals surface area (Å²) in [6, 6.07) is 8.03. The normalized spacial score (nSPS) is 11.2. The minimum absolute atomic E-state index is 0.261. The number of aromatic nitrogens is 2. The third-order valence-electron chi connectivity index (χ3n) is 3.44. The van der Waals surface area contributed by atoms with Crippen LogP contribution in [0.2, 0.25) is 5.02 Å². The van der Waals surface area contributed by atoms with Gasteiger partial charge in [0, 0.05) is 6.04 Å². The molecule has 0 amide bonds. The van der Waals surface area contributed by atoms with Crippen LogP contribution in [0.5, 0.6) is 0 Å². The Morgan fingerprint density at radius 1 is 1.38 bits per heavy atom. The third kappa shape index (κ3) is 2.23. The fourth-order valence-electron chi connectivity index (χ4n) is 2.43. The van der Waals surface area contributed by atoms with E-state index in [9.17, 15) is 0 Å². The molecule has 0 bridgehead atoms. The van der Waals surface area contributed by atoms with E-state index < -0.39 is 0 Å². The lowest BCUT2D eigenvalue weighted by Crippen LogP contribution is -2.02. The van der Waals surface area contributed by atoms with Crippen LogP contribution >= 0.6 is 22.9 Å². The molecule has 3 rings (SSSR count). The quantitative estimate of drug-likeness (QED) is 0.654. The molecule has 0 atom stereocenters. The number of nitriles is 1. The summed E-state index contributed by atoms with van der Waals surface area (Å²) in [5.74, 6) is 0.873. The number of benzene rings is 1. The SMILES string of the molecule is Cc1csc(-c2nc3cc(C#N)ccc3n2C(C)C)c1Cl. The van der Waals surface area contributed by atoms with Crippen LogP contribution < -0.4 is 0 Å². The molecule has 0 aliphatic carbocycles. The number of thiophene rings is 1. The highest BCUT2D eigenvalue weighted by Crippen LogP contribution is 2.38. The molecule has 3 nitrogen and oxygen atoms in total. The second kappa shape index (κ2) is 5.18. The van der Waals surface area contributed by atoms with E-state index in [1.807, 2.05) is 30.5 Å². The van der Waals surface area contributed by atoms with E-state index in [2.05, 4.69) is 24.5 Å². The van der Waals surface area contributed by atoms with Crippen molar-refractivity contribution in [2.45, 2.75) is 26.8 Å². The molecule has 106 valence electrons. The van der Waals surface area contributed by atoms with Crippen molar-refractivity contribution in [1.29, 1.82) is 5.26 Å². The van der Waals surface area contributed by atoms with Crippen molar-refractivity contribution in [2.75, 3.05) is 0 Å². The Morgan fingerprint density at radius 3 is 2.71 bits per heavy atom. The van der Waals surface area contributed by atoms with Crippen molar-refractivity contribution in [3.8, 4) is 16.8 Å². The summed E-state index contributed by atoms with van der Waals surface area (Å²) in [4.78, 5) is 5.71. The second-order valence-corrected chi connectivity index (χ2v) is 6.53. The first kappa shape index (κ1) is 14.1. The largest absolute Gasteiger partial charge is 0.321 e. The molecule has 3 aromatic rings. The van der Waals surface area contributed by atoms with Gasteiger partial charge in [0.1, 0.15) is 0 Å². The Bertz CT molecular complexity index is 868. The molecule has 0 aliphatic rings. The van der Waals surface area contributed by atoms with Crippen LogP contribution in [0.25, 0.3) is 21.7 Å². The number of halogens is 1. The number of imidazole rings is 1. The fraction of sp³-hybridized carbons (Fsp3) is 0.250. The Morgan fingerprint density at radius 2 is 2.14 bits per heavy atom. The van der Waals surface area contributed by atoms with Gasteiger partial charge in [0.25, 0.3) is 0 Å². The zero-order chi connectivity index (χ0) is 15.1. The zero-order valence-electron chi connectivity index (χ0n) is 12.0. The summed E-state index contributed by atoms with van der Waals surface area (Å²) >= 11 is 8.02. The smallest absolute Gasteiger partial charge is 0.153 e. The maximum atomic E-state index is 9.04. The van der Waals surface area contributed by atoms with Crippen LogP contribution in [-0.4, -0.2) is 9.55 Å². The molecule has 0 N–H and O–H groups in total. The average Bonchev–Trinajstić information content (AvgIpc) is 2.99. The minimum atomic E-state index is 0.261. The number of nitrogens with zero attached hydrogens (tertiary/aromatic N) is 3. The predicted molar refractivity (Wildman–Crippen MR) is 87.9 cm³/mol. The standard InChI is InChI=1S/C16H14ClN3S/c1-9(2)20-13-5-4-11(7-18)6-12(13)19-16(20)15-14(17)10(3)8-21-15/h4-6,8-9H,1-3H3. The summed E-state index contributed by atoms with van der Waals surface area (Å²) in [5, 5.41) is 11.8. The molecule has 0 unspecified atom stereocenters. The first-order valence-corrected chi connectivity index (χ1v) is 7.94. The molecule has 0 aliphatic heterocycles. The lowest BCUT2D eigenvalue weighted by Gasteiger charge is -2.12. The number of hydrogen-bond acceptors (Lipinski definition) is 3. The van der Waals surface area contributed by atoms with Gasteiger partial charge in [-0.15, -0.1) is 11.3 Å². The number of rotatable bonds is 2. The van der Waals surface area contributed by atoms with Crippen molar-refractivity contribution < 1.29 is 0 Å². The van der Waals surface area contributed by atoms with Crippen molar-refractivity contribution in [2.24, 2.45) is 0 Å². The summed E-state index contributed by atoms with van der Waals surface area (Å²) in [6.07, 6.45) is 0. The average molecular weight is 316 g/mol. The Balaban J connectivity index is 2.34. The first-order chi connectivity index (χ1) is 10.0. The highest BCUT2D eigenvalue weighted by molar-refractivity contribution is 7.14. The molecule has 2 heterocycles. The Hall–Kier alpha value is -1.83. The van der Waals surface area contributed by atoms with Gasteiger partial charge in [0.15, 0.2) is 5.82 Å². The summed E-state index contributed by atoms with van der Waals surface area (Å²) in [5.41, 5.74) is 3.55. The Labute approximate surface area is 132 Å². The molecule has 0 fully saturated rings. The maximum absolute atomic E-state index is 9.04. The van der Waals surface area contributed by atoms with Gasteiger partial charge in [-0.2, -0.15) is 5.26 Å². The van der Waals surface area contributed by atoms with E-state index in [4.69, 9.17) is 21.8 Å². The summed E-state index contributed by atoms with van der Waals surface area (Å²) in [7, 11) is 0. The van der Waals surface area contributed by atoms with E-state index in [0.29, 0.717) is 5.56 Å². The molecular weight excluding hydrogens is 302 g/mol. The van der Waals surface area contributed by atoms with Crippen molar-refractivity contribution in [3.05, 3.63) is 39.7 Å². The highest BCUT2D eigenvalue weighted by atomic mass is 35.5. The topological polar surface area (TPSA) is 41.6 Å². The van der Waals surface area contributed by atoms with Crippen molar-refractivity contribution in [1.82, 2.24) is 9.55 Å². The molecule has 0 saturated carbocycles. The van der Waals surface area contributed by atoms with E-state index >= 15 is 0 Å². The second-order valence-electron chi connectivity index (χ2n) is 5.28. The van der Waals surface area contributed by atoms with Crippen molar-refractivity contribution >= 4 is 34.0 Å². The molecule has 1 aromatic carbocycles. The van der Waals surface area contributed by atoms with E-state index in [1.165, 1.54) is 0 Å². The molecule has 0 saturated heterocycles. The molecule has 21 heavy (non-hydrogen) atoms. The zero-order valence-corrected chi connectivity index (χ0v) is 13.6. The van der Waals surface area contributed by atoms with Crippen LogP contribution in [0, 0.1) is 18.3 Å². The highest BCUT2D eigenvalue weighted by Gasteiger charge is 2.19. The number of fused-ring (bicyclic) bond motifs is 1. The number of hydrogen-bond donors (Lipinski definition) is 0. The van der Waals surface area contributed by atoms with Crippen LogP contribution in [0.15, 0.2) is 23.6 Å². The third-order valence-corrected chi connectivity index (χ3v) is 5.13. The lowest BCUT2D eigenvalue weighted by molar-refractivity contribution is 0.625. The van der Waals surface area contributed by atoms with Crippen LogP contribution in [-0.2, 0) is 0 Å². The van der Waals surface area contributed by atoms with Gasteiger partial charge < -0.3 is 4.57 Å². The van der Waals surface area contributed by atoms with E-state index in [-0.39, 0.29) is 6.04 Å². The van der Waals surface area contributed by atoms with Crippen LogP contribution in [0.3, 0.4) is 0 Å². The van der Waals surface area contributed by atoms with Gasteiger partial charge in [-0.05, 0) is 49.9 Å². The van der Waals surface area contributed by atoms with Gasteiger partial charge >= 0.3 is 0 Å². The van der Waals surface area contributed by atoms with Gasteiger partial charge in [-0.1, -0.05) is 11.6 Å². The van der Waals surface area contributed by atoms with Gasteiger partial charge in [0.05, 0.1) is 32.6 Å². The molecule has 2 aromatic heterocycles. The first-order valence-electron chi connectivity index (χ1n) is 6.69. The van der Waals surface area contributed by atoms with Gasteiger partial charge in [-0.3, -0.25) is 0 Å². The van der Waals surface area contributed by atoms with Crippen LogP contribution in [0.4, 0.5) is 0 Å². The van der Waals surface area contributed by atoms with Gasteiger partial charge in [0.2, 0.25) is 0 Å². The molecule has 0 spiro atoms. The van der Waals surface area contributed by atoms with Gasteiger partial charge in [-0.25, -0.2) is 4.98 Å². The van der Waals surface area contributed by atoms with Crippen molar-refractivity contribution in [3.63, 3.8) is 0 Å². The summed E-state index contributed by atoms with van der Waals surface area (Å²) in [6.45, 7) is 6.24. The minimum Gasteiger partial charge on any atom is -0.321 e. The maximum Gasteiger partial charge on any atom is 0.153 e. The monoisotopic (exact) mass is 315 g/mol. The number of aryl methyl sites for hydroxylation is 1. The van der Waals surface area contributed by atoms with E-state index in [1.54, 1.807) is 11.3 Å². The molecule has 5 heteroatoms. The fourth-order valence-corrected chi connectivity index (χ4v) is 3.70.